The standard InChI is InChI=1S/C12H14ClN3O2S2/c1-8-4-2-3-5-16(8)20(17,18)11-6-9-10(19-11)7-14-12(13)15-9/h6-8H,2-5H2,1H3/t8-/m1/s1. The Morgan fingerprint density at radius 3 is 3.00 bits per heavy atom. The van der Waals surface area contributed by atoms with Crippen molar-refractivity contribution in [2.45, 2.75) is 36.4 Å². The predicted octanol–water partition coefficient (Wildman–Crippen LogP) is 2.91. The van der Waals surface area contributed by atoms with E-state index in [9.17, 15) is 8.42 Å². The minimum Gasteiger partial charge on any atom is -0.225 e. The third-order valence-corrected chi connectivity index (χ3v) is 7.23. The van der Waals surface area contributed by atoms with Crippen LogP contribution < -0.4 is 0 Å². The Morgan fingerprint density at radius 1 is 1.45 bits per heavy atom. The molecule has 1 saturated heterocycles. The average Bonchev–Trinajstić information content (AvgIpc) is 2.82. The first-order valence-corrected chi connectivity index (χ1v) is 9.06. The van der Waals surface area contributed by atoms with Gasteiger partial charge in [0.05, 0.1) is 10.2 Å². The van der Waals surface area contributed by atoms with E-state index in [1.165, 1.54) is 11.3 Å². The Kier molecular flexibility index (Phi) is 3.70. The summed E-state index contributed by atoms with van der Waals surface area (Å²) in [7, 11) is -3.44. The van der Waals surface area contributed by atoms with E-state index in [1.807, 2.05) is 6.92 Å². The second-order valence-corrected chi connectivity index (χ2v) is 8.45. The molecule has 1 aliphatic rings. The van der Waals surface area contributed by atoms with Crippen molar-refractivity contribution < 1.29 is 8.42 Å². The van der Waals surface area contributed by atoms with E-state index in [4.69, 9.17) is 11.6 Å². The second kappa shape index (κ2) is 5.22. The van der Waals surface area contributed by atoms with Gasteiger partial charge >= 0.3 is 0 Å². The Hall–Kier alpha value is -0.760. The molecule has 0 unspecified atom stereocenters. The van der Waals surface area contributed by atoms with Crippen molar-refractivity contribution in [1.29, 1.82) is 0 Å². The number of halogens is 1. The molecule has 1 atom stereocenters. The number of aromatic nitrogens is 2. The van der Waals surface area contributed by atoms with Crippen molar-refractivity contribution in [3.05, 3.63) is 17.5 Å². The molecule has 0 radical (unpaired) electrons. The monoisotopic (exact) mass is 331 g/mol. The van der Waals surface area contributed by atoms with Crippen molar-refractivity contribution in [1.82, 2.24) is 14.3 Å². The summed E-state index contributed by atoms with van der Waals surface area (Å²) < 4.78 is 28.1. The molecule has 20 heavy (non-hydrogen) atoms. The summed E-state index contributed by atoms with van der Waals surface area (Å²) in [4.78, 5) is 7.94. The van der Waals surface area contributed by atoms with Crippen LogP contribution in [0.2, 0.25) is 5.28 Å². The number of fused-ring (bicyclic) bond motifs is 1. The van der Waals surface area contributed by atoms with Crippen LogP contribution in [-0.4, -0.2) is 35.3 Å². The number of piperidine rings is 1. The molecule has 1 aliphatic heterocycles. The molecular weight excluding hydrogens is 318 g/mol. The molecule has 0 bridgehead atoms. The van der Waals surface area contributed by atoms with Crippen LogP contribution in [0.5, 0.6) is 0 Å². The number of nitrogens with zero attached hydrogens (tertiary/aromatic N) is 3. The fourth-order valence-electron chi connectivity index (χ4n) is 2.46. The lowest BCUT2D eigenvalue weighted by Crippen LogP contribution is -2.41. The molecular formula is C12H14ClN3O2S2. The van der Waals surface area contributed by atoms with Gasteiger partial charge in [-0.05, 0) is 37.4 Å². The van der Waals surface area contributed by atoms with Crippen LogP contribution in [0.15, 0.2) is 16.5 Å². The van der Waals surface area contributed by atoms with Crippen LogP contribution in [0.3, 0.4) is 0 Å². The van der Waals surface area contributed by atoms with Gasteiger partial charge in [-0.1, -0.05) is 6.42 Å². The number of thiophene rings is 1. The van der Waals surface area contributed by atoms with E-state index in [1.54, 1.807) is 16.6 Å². The zero-order valence-corrected chi connectivity index (χ0v) is 13.3. The molecule has 0 amide bonds. The van der Waals surface area contributed by atoms with Gasteiger partial charge in [0.25, 0.3) is 10.0 Å². The van der Waals surface area contributed by atoms with E-state index in [0.29, 0.717) is 16.3 Å². The van der Waals surface area contributed by atoms with Crippen LogP contribution in [-0.2, 0) is 10.0 Å². The molecule has 108 valence electrons. The number of hydrogen-bond acceptors (Lipinski definition) is 5. The van der Waals surface area contributed by atoms with Crippen molar-refractivity contribution in [3.8, 4) is 0 Å². The van der Waals surface area contributed by atoms with E-state index in [-0.39, 0.29) is 11.3 Å². The molecule has 0 saturated carbocycles. The first kappa shape index (κ1) is 14.2. The minimum atomic E-state index is -3.44. The summed E-state index contributed by atoms with van der Waals surface area (Å²) in [5, 5.41) is 0.130. The van der Waals surface area contributed by atoms with Crippen molar-refractivity contribution >= 4 is 43.2 Å². The molecule has 2 aromatic heterocycles. The van der Waals surface area contributed by atoms with Gasteiger partial charge in [-0.25, -0.2) is 18.4 Å². The van der Waals surface area contributed by atoms with Gasteiger partial charge < -0.3 is 0 Å². The lowest BCUT2D eigenvalue weighted by atomic mass is 10.1. The van der Waals surface area contributed by atoms with E-state index in [0.717, 1.165) is 24.0 Å². The van der Waals surface area contributed by atoms with Crippen LogP contribution in [0.25, 0.3) is 10.2 Å². The van der Waals surface area contributed by atoms with Gasteiger partial charge in [0, 0.05) is 18.8 Å². The minimum absolute atomic E-state index is 0.0497. The summed E-state index contributed by atoms with van der Waals surface area (Å²) in [6, 6.07) is 1.64. The smallest absolute Gasteiger partial charge is 0.225 e. The third-order valence-electron chi connectivity index (χ3n) is 3.52. The van der Waals surface area contributed by atoms with Crippen molar-refractivity contribution in [3.63, 3.8) is 0 Å². The Balaban J connectivity index is 2.04. The molecule has 0 spiro atoms. The van der Waals surface area contributed by atoms with Crippen LogP contribution in [0.1, 0.15) is 26.2 Å². The zero-order valence-electron chi connectivity index (χ0n) is 10.9. The largest absolute Gasteiger partial charge is 0.252 e. The highest BCUT2D eigenvalue weighted by Gasteiger charge is 2.32. The van der Waals surface area contributed by atoms with E-state index < -0.39 is 10.0 Å². The highest BCUT2D eigenvalue weighted by molar-refractivity contribution is 7.91. The summed E-state index contributed by atoms with van der Waals surface area (Å²) in [6.45, 7) is 2.55. The lowest BCUT2D eigenvalue weighted by molar-refractivity contribution is 0.269. The van der Waals surface area contributed by atoms with Gasteiger partial charge in [0.15, 0.2) is 0 Å². The molecule has 0 aliphatic carbocycles. The Morgan fingerprint density at radius 2 is 2.25 bits per heavy atom. The zero-order chi connectivity index (χ0) is 14.3. The van der Waals surface area contributed by atoms with E-state index in [2.05, 4.69) is 9.97 Å². The first-order chi connectivity index (χ1) is 9.48. The summed E-state index contributed by atoms with van der Waals surface area (Å²) >= 11 is 6.93. The number of rotatable bonds is 2. The van der Waals surface area contributed by atoms with Gasteiger partial charge in [0.1, 0.15) is 4.21 Å². The SMILES string of the molecule is C[C@@H]1CCCCN1S(=O)(=O)c1cc2nc(Cl)ncc2s1. The van der Waals surface area contributed by atoms with E-state index >= 15 is 0 Å². The topological polar surface area (TPSA) is 63.2 Å². The van der Waals surface area contributed by atoms with Gasteiger partial charge in [-0.2, -0.15) is 4.31 Å². The van der Waals surface area contributed by atoms with Gasteiger partial charge in [-0.3, -0.25) is 0 Å². The van der Waals surface area contributed by atoms with Crippen LogP contribution in [0.4, 0.5) is 0 Å². The summed E-state index contributed by atoms with van der Waals surface area (Å²) in [6.07, 6.45) is 4.48. The fraction of sp³-hybridized carbons (Fsp3) is 0.500. The molecule has 1 fully saturated rings. The highest BCUT2D eigenvalue weighted by atomic mass is 35.5. The molecule has 8 heteroatoms. The quantitative estimate of drug-likeness (QED) is 0.794. The predicted molar refractivity (Wildman–Crippen MR) is 79.6 cm³/mol. The highest BCUT2D eigenvalue weighted by Crippen LogP contribution is 2.32. The average molecular weight is 332 g/mol. The lowest BCUT2D eigenvalue weighted by Gasteiger charge is -2.31. The number of hydrogen-bond donors (Lipinski definition) is 0. The normalized spacial score (nSPS) is 21.4. The third kappa shape index (κ3) is 2.43. The van der Waals surface area contributed by atoms with Gasteiger partial charge in [0.2, 0.25) is 5.28 Å². The number of sulfonamides is 1. The van der Waals surface area contributed by atoms with Crippen molar-refractivity contribution in [2.75, 3.05) is 6.54 Å². The maximum atomic E-state index is 12.7. The Bertz CT molecular complexity index is 744. The van der Waals surface area contributed by atoms with Crippen LogP contribution >= 0.6 is 22.9 Å². The summed E-state index contributed by atoms with van der Waals surface area (Å²) in [5.74, 6) is 0. The fourth-order valence-corrected chi connectivity index (χ4v) is 5.72. The van der Waals surface area contributed by atoms with Crippen LogP contribution in [0, 0.1) is 0 Å². The second-order valence-electron chi connectivity index (χ2n) is 4.91. The molecule has 5 nitrogen and oxygen atoms in total. The maximum Gasteiger partial charge on any atom is 0.252 e. The molecule has 3 heterocycles. The maximum absolute atomic E-state index is 12.7. The van der Waals surface area contributed by atoms with Gasteiger partial charge in [-0.15, -0.1) is 11.3 Å². The molecule has 0 N–H and O–H groups in total. The molecule has 2 aromatic rings. The Labute approximate surface area is 126 Å². The summed E-state index contributed by atoms with van der Waals surface area (Å²) in [5.41, 5.74) is 0.582. The molecule has 0 aromatic carbocycles. The molecule has 3 rings (SSSR count). The first-order valence-electron chi connectivity index (χ1n) is 6.42. The van der Waals surface area contributed by atoms with Crippen molar-refractivity contribution in [2.24, 2.45) is 0 Å².